The highest BCUT2D eigenvalue weighted by molar-refractivity contribution is 5.90. The monoisotopic (exact) mass is 407 g/mol. The molecular weight excluding hydrogens is 378 g/mol. The third-order valence-electron chi connectivity index (χ3n) is 4.99. The van der Waals surface area contributed by atoms with Crippen molar-refractivity contribution < 1.29 is 14.3 Å². The second kappa shape index (κ2) is 11.2. The number of anilines is 1. The van der Waals surface area contributed by atoms with Gasteiger partial charge in [-0.05, 0) is 42.7 Å². The van der Waals surface area contributed by atoms with E-state index in [0.29, 0.717) is 13.2 Å². The standard InChI is InChI=1S/C24H29N3O3/c1-2-30-23(28)14-11-20-9-12-22(13-10-20)25-24(29)27-16-6-15-26(17-18-27)19-21-7-4-3-5-8-21/h3-5,7-14H,2,6,15-19H2,1H3,(H,25,29). The molecule has 0 aliphatic carbocycles. The Labute approximate surface area is 178 Å². The van der Waals surface area contributed by atoms with Crippen LogP contribution in [0.3, 0.4) is 0 Å². The number of amides is 2. The van der Waals surface area contributed by atoms with Crippen molar-refractivity contribution in [1.82, 2.24) is 9.80 Å². The van der Waals surface area contributed by atoms with E-state index in [1.165, 1.54) is 11.6 Å². The van der Waals surface area contributed by atoms with Gasteiger partial charge in [0, 0.05) is 44.5 Å². The molecule has 0 saturated carbocycles. The summed E-state index contributed by atoms with van der Waals surface area (Å²) in [5.41, 5.74) is 2.90. The Balaban J connectivity index is 1.49. The lowest BCUT2D eigenvalue weighted by atomic mass is 10.2. The topological polar surface area (TPSA) is 61.9 Å². The fourth-order valence-electron chi connectivity index (χ4n) is 3.41. The van der Waals surface area contributed by atoms with Crippen LogP contribution in [-0.2, 0) is 16.1 Å². The van der Waals surface area contributed by atoms with Crippen LogP contribution in [0.4, 0.5) is 10.5 Å². The first-order valence-corrected chi connectivity index (χ1v) is 10.4. The van der Waals surface area contributed by atoms with Crippen LogP contribution < -0.4 is 5.32 Å². The van der Waals surface area contributed by atoms with Gasteiger partial charge < -0.3 is 15.0 Å². The highest BCUT2D eigenvalue weighted by Gasteiger charge is 2.19. The van der Waals surface area contributed by atoms with Gasteiger partial charge in [0.25, 0.3) is 0 Å². The molecule has 0 unspecified atom stereocenters. The summed E-state index contributed by atoms with van der Waals surface area (Å²) in [4.78, 5) is 28.3. The summed E-state index contributed by atoms with van der Waals surface area (Å²) in [6, 6.07) is 17.7. The minimum absolute atomic E-state index is 0.0774. The molecule has 0 bridgehead atoms. The van der Waals surface area contributed by atoms with Gasteiger partial charge in [-0.3, -0.25) is 4.90 Å². The number of nitrogens with zero attached hydrogens (tertiary/aromatic N) is 2. The third-order valence-corrected chi connectivity index (χ3v) is 4.99. The molecular formula is C24H29N3O3. The summed E-state index contributed by atoms with van der Waals surface area (Å²) in [5.74, 6) is -0.364. The first-order chi connectivity index (χ1) is 14.6. The van der Waals surface area contributed by atoms with Crippen LogP contribution >= 0.6 is 0 Å². The Morgan fingerprint density at radius 3 is 2.50 bits per heavy atom. The number of benzene rings is 2. The van der Waals surface area contributed by atoms with E-state index in [-0.39, 0.29) is 12.0 Å². The number of nitrogens with one attached hydrogen (secondary N) is 1. The molecule has 1 saturated heterocycles. The molecule has 2 amide bonds. The summed E-state index contributed by atoms with van der Waals surface area (Å²) in [7, 11) is 0. The average molecular weight is 408 g/mol. The van der Waals surface area contributed by atoms with Crippen molar-refractivity contribution in [3.63, 3.8) is 0 Å². The molecule has 1 N–H and O–H groups in total. The third kappa shape index (κ3) is 6.74. The van der Waals surface area contributed by atoms with Gasteiger partial charge in [0.05, 0.1) is 6.61 Å². The summed E-state index contributed by atoms with van der Waals surface area (Å²) < 4.78 is 4.87. The SMILES string of the molecule is CCOC(=O)C=Cc1ccc(NC(=O)N2CCCN(Cc3ccccc3)CC2)cc1. The van der Waals surface area contributed by atoms with E-state index in [4.69, 9.17) is 4.74 Å². The zero-order valence-electron chi connectivity index (χ0n) is 17.4. The first kappa shape index (κ1) is 21.6. The number of ether oxygens (including phenoxy) is 1. The second-order valence-corrected chi connectivity index (χ2v) is 7.24. The van der Waals surface area contributed by atoms with Gasteiger partial charge in [0.2, 0.25) is 0 Å². The quantitative estimate of drug-likeness (QED) is 0.581. The van der Waals surface area contributed by atoms with Crippen molar-refractivity contribution in [2.75, 3.05) is 38.1 Å². The van der Waals surface area contributed by atoms with Crippen LogP contribution in [0.5, 0.6) is 0 Å². The van der Waals surface area contributed by atoms with Gasteiger partial charge in [-0.25, -0.2) is 9.59 Å². The molecule has 30 heavy (non-hydrogen) atoms. The molecule has 1 heterocycles. The van der Waals surface area contributed by atoms with Crippen LogP contribution in [0.15, 0.2) is 60.7 Å². The van der Waals surface area contributed by atoms with Gasteiger partial charge in [-0.1, -0.05) is 42.5 Å². The number of hydrogen-bond acceptors (Lipinski definition) is 4. The average Bonchev–Trinajstić information content (AvgIpc) is 3.00. The van der Waals surface area contributed by atoms with E-state index < -0.39 is 0 Å². The van der Waals surface area contributed by atoms with Crippen molar-refractivity contribution in [2.45, 2.75) is 19.9 Å². The lowest BCUT2D eigenvalue weighted by molar-refractivity contribution is -0.137. The highest BCUT2D eigenvalue weighted by Crippen LogP contribution is 2.14. The molecule has 2 aromatic rings. The zero-order chi connectivity index (χ0) is 21.2. The molecule has 6 nitrogen and oxygen atoms in total. The van der Waals surface area contributed by atoms with E-state index in [1.807, 2.05) is 35.2 Å². The van der Waals surface area contributed by atoms with Gasteiger partial charge in [-0.15, -0.1) is 0 Å². The van der Waals surface area contributed by atoms with Crippen LogP contribution in [0, 0.1) is 0 Å². The minimum atomic E-state index is -0.364. The van der Waals surface area contributed by atoms with Crippen LogP contribution in [-0.4, -0.2) is 54.6 Å². The first-order valence-electron chi connectivity index (χ1n) is 10.4. The lowest BCUT2D eigenvalue weighted by Gasteiger charge is -2.22. The molecule has 3 rings (SSSR count). The predicted molar refractivity (Wildman–Crippen MR) is 119 cm³/mol. The lowest BCUT2D eigenvalue weighted by Crippen LogP contribution is -2.38. The summed E-state index contributed by atoms with van der Waals surface area (Å²) >= 11 is 0. The second-order valence-electron chi connectivity index (χ2n) is 7.24. The van der Waals surface area contributed by atoms with E-state index in [2.05, 4.69) is 34.5 Å². The van der Waals surface area contributed by atoms with Crippen molar-refractivity contribution in [2.24, 2.45) is 0 Å². The maximum absolute atomic E-state index is 12.7. The van der Waals surface area contributed by atoms with Crippen molar-refractivity contribution in [1.29, 1.82) is 0 Å². The van der Waals surface area contributed by atoms with Crippen molar-refractivity contribution >= 4 is 23.8 Å². The van der Waals surface area contributed by atoms with Crippen LogP contribution in [0.2, 0.25) is 0 Å². The maximum Gasteiger partial charge on any atom is 0.330 e. The fourth-order valence-corrected chi connectivity index (χ4v) is 3.41. The molecule has 158 valence electrons. The summed E-state index contributed by atoms with van der Waals surface area (Å²) in [6.07, 6.45) is 4.05. The van der Waals surface area contributed by atoms with E-state index in [9.17, 15) is 9.59 Å². The Morgan fingerprint density at radius 2 is 1.77 bits per heavy atom. The number of urea groups is 1. The fraction of sp³-hybridized carbons (Fsp3) is 0.333. The Hall–Kier alpha value is -3.12. The Morgan fingerprint density at radius 1 is 1.00 bits per heavy atom. The molecule has 1 aliphatic heterocycles. The molecule has 0 spiro atoms. The predicted octanol–water partition coefficient (Wildman–Crippen LogP) is 4.00. The molecule has 0 atom stereocenters. The van der Waals surface area contributed by atoms with E-state index in [1.54, 1.807) is 13.0 Å². The molecule has 0 aromatic heterocycles. The largest absolute Gasteiger partial charge is 0.463 e. The highest BCUT2D eigenvalue weighted by atomic mass is 16.5. The molecule has 1 aliphatic rings. The van der Waals surface area contributed by atoms with E-state index in [0.717, 1.165) is 43.9 Å². The summed E-state index contributed by atoms with van der Waals surface area (Å²) in [5, 5.41) is 2.97. The maximum atomic E-state index is 12.7. The van der Waals surface area contributed by atoms with Gasteiger partial charge in [-0.2, -0.15) is 0 Å². The van der Waals surface area contributed by atoms with Crippen LogP contribution in [0.25, 0.3) is 6.08 Å². The number of carbonyl (C=O) groups excluding carboxylic acids is 2. The number of rotatable bonds is 6. The smallest absolute Gasteiger partial charge is 0.330 e. The number of carbonyl (C=O) groups is 2. The zero-order valence-corrected chi connectivity index (χ0v) is 17.4. The van der Waals surface area contributed by atoms with Gasteiger partial charge in [0.1, 0.15) is 0 Å². The van der Waals surface area contributed by atoms with Crippen LogP contribution in [0.1, 0.15) is 24.5 Å². The van der Waals surface area contributed by atoms with Crippen molar-refractivity contribution in [3.05, 3.63) is 71.8 Å². The van der Waals surface area contributed by atoms with Gasteiger partial charge >= 0.3 is 12.0 Å². The molecule has 0 radical (unpaired) electrons. The number of hydrogen-bond donors (Lipinski definition) is 1. The minimum Gasteiger partial charge on any atom is -0.463 e. The van der Waals surface area contributed by atoms with Gasteiger partial charge in [0.15, 0.2) is 0 Å². The normalized spacial score (nSPS) is 15.0. The van der Waals surface area contributed by atoms with E-state index >= 15 is 0 Å². The molecule has 1 fully saturated rings. The van der Waals surface area contributed by atoms with Crippen molar-refractivity contribution in [3.8, 4) is 0 Å². The Bertz CT molecular complexity index is 850. The molecule has 2 aromatic carbocycles. The number of esters is 1. The molecule has 6 heteroatoms. The summed E-state index contributed by atoms with van der Waals surface area (Å²) in [6.45, 7) is 6.34. The Kier molecular flexibility index (Phi) is 8.03.